The van der Waals surface area contributed by atoms with Gasteiger partial charge in [-0.2, -0.15) is 0 Å². The van der Waals surface area contributed by atoms with E-state index in [4.69, 9.17) is 0 Å². The fourth-order valence-electron chi connectivity index (χ4n) is 1.70. The first-order valence-corrected chi connectivity index (χ1v) is 6.58. The Kier molecular flexibility index (Phi) is 5.62. The van der Waals surface area contributed by atoms with Gasteiger partial charge in [0.15, 0.2) is 0 Å². The van der Waals surface area contributed by atoms with E-state index in [2.05, 4.69) is 29.5 Å². The lowest BCUT2D eigenvalue weighted by atomic mass is 10.0. The Morgan fingerprint density at radius 2 is 2.11 bits per heavy atom. The molecule has 0 saturated heterocycles. The summed E-state index contributed by atoms with van der Waals surface area (Å²) in [4.78, 5) is 16.2. The Labute approximate surface area is 109 Å². The maximum Gasteiger partial charge on any atom is 0.253 e. The van der Waals surface area contributed by atoms with Crippen LogP contribution in [0.15, 0.2) is 18.5 Å². The second kappa shape index (κ2) is 6.99. The van der Waals surface area contributed by atoms with Crippen molar-refractivity contribution in [2.45, 2.75) is 40.2 Å². The van der Waals surface area contributed by atoms with Gasteiger partial charge >= 0.3 is 0 Å². The minimum absolute atomic E-state index is 0.0406. The molecule has 0 radical (unpaired) electrons. The molecule has 0 aliphatic heterocycles. The number of aromatic nitrogens is 1. The van der Waals surface area contributed by atoms with Crippen molar-refractivity contribution < 1.29 is 4.79 Å². The molecular formula is C14H23N3O. The summed E-state index contributed by atoms with van der Waals surface area (Å²) in [5, 5.41) is 6.19. The van der Waals surface area contributed by atoms with Crippen molar-refractivity contribution in [3.8, 4) is 0 Å². The van der Waals surface area contributed by atoms with Crippen LogP contribution < -0.4 is 10.6 Å². The number of nitrogens with one attached hydrogen (secondary N) is 2. The molecule has 2 atom stereocenters. The zero-order valence-corrected chi connectivity index (χ0v) is 11.7. The number of amides is 1. The standard InChI is InChI=1S/C14H23N3O/c1-5-10(3)11(4)17-14(18)12-7-8-15-9-13(12)16-6-2/h7-11,16H,5-6H2,1-4H3,(H,17,18). The van der Waals surface area contributed by atoms with Gasteiger partial charge in [-0.3, -0.25) is 9.78 Å². The zero-order chi connectivity index (χ0) is 13.5. The Morgan fingerprint density at radius 1 is 1.39 bits per heavy atom. The highest BCUT2D eigenvalue weighted by atomic mass is 16.1. The molecule has 0 saturated carbocycles. The zero-order valence-electron chi connectivity index (χ0n) is 11.7. The normalized spacial score (nSPS) is 13.8. The molecule has 1 rings (SSSR count). The summed E-state index contributed by atoms with van der Waals surface area (Å²) in [6.07, 6.45) is 4.38. The van der Waals surface area contributed by atoms with E-state index >= 15 is 0 Å². The van der Waals surface area contributed by atoms with Crippen LogP contribution in [-0.2, 0) is 0 Å². The van der Waals surface area contributed by atoms with Gasteiger partial charge in [0.2, 0.25) is 0 Å². The molecule has 0 fully saturated rings. The van der Waals surface area contributed by atoms with Gasteiger partial charge < -0.3 is 10.6 Å². The first-order chi connectivity index (χ1) is 8.60. The minimum Gasteiger partial charge on any atom is -0.383 e. The Hall–Kier alpha value is -1.58. The predicted octanol–water partition coefficient (Wildman–Crippen LogP) is 2.68. The van der Waals surface area contributed by atoms with E-state index in [0.29, 0.717) is 11.5 Å². The maximum atomic E-state index is 12.2. The van der Waals surface area contributed by atoms with Crippen molar-refractivity contribution in [1.29, 1.82) is 0 Å². The lowest BCUT2D eigenvalue weighted by Crippen LogP contribution is -2.37. The average Bonchev–Trinajstić information content (AvgIpc) is 2.38. The van der Waals surface area contributed by atoms with Gasteiger partial charge in [0.1, 0.15) is 0 Å². The number of rotatable bonds is 6. The lowest BCUT2D eigenvalue weighted by molar-refractivity contribution is 0.0929. The van der Waals surface area contributed by atoms with Gasteiger partial charge in [0, 0.05) is 18.8 Å². The number of carbonyl (C=O) groups is 1. The number of carbonyl (C=O) groups excluding carboxylic acids is 1. The Balaban J connectivity index is 2.77. The molecule has 1 heterocycles. The highest BCUT2D eigenvalue weighted by Crippen LogP contribution is 2.14. The molecule has 4 nitrogen and oxygen atoms in total. The van der Waals surface area contributed by atoms with Gasteiger partial charge in [0.05, 0.1) is 17.4 Å². The number of hydrogen-bond acceptors (Lipinski definition) is 3. The smallest absolute Gasteiger partial charge is 0.253 e. The van der Waals surface area contributed by atoms with Gasteiger partial charge in [-0.25, -0.2) is 0 Å². The number of nitrogens with zero attached hydrogens (tertiary/aromatic N) is 1. The summed E-state index contributed by atoms with van der Waals surface area (Å²) in [5.41, 5.74) is 1.44. The van der Waals surface area contributed by atoms with Gasteiger partial charge in [0.25, 0.3) is 5.91 Å². The van der Waals surface area contributed by atoms with Crippen LogP contribution in [0.3, 0.4) is 0 Å². The summed E-state index contributed by atoms with van der Waals surface area (Å²) in [5.74, 6) is 0.430. The molecule has 0 aliphatic carbocycles. The van der Waals surface area contributed by atoms with Crippen molar-refractivity contribution in [3.63, 3.8) is 0 Å². The Bertz CT molecular complexity index is 392. The summed E-state index contributed by atoms with van der Waals surface area (Å²) in [6.45, 7) is 9.08. The molecule has 0 spiro atoms. The fraction of sp³-hybridized carbons (Fsp3) is 0.571. The molecular weight excluding hydrogens is 226 g/mol. The highest BCUT2D eigenvalue weighted by molar-refractivity contribution is 5.99. The molecule has 1 aromatic rings. The van der Waals surface area contributed by atoms with Gasteiger partial charge in [-0.15, -0.1) is 0 Å². The molecule has 1 amide bonds. The third kappa shape index (κ3) is 3.72. The van der Waals surface area contributed by atoms with Crippen LogP contribution in [0.5, 0.6) is 0 Å². The Morgan fingerprint density at radius 3 is 2.72 bits per heavy atom. The SMILES string of the molecule is CCNc1cnccc1C(=O)NC(C)C(C)CC. The molecule has 0 aromatic carbocycles. The number of anilines is 1. The minimum atomic E-state index is -0.0406. The summed E-state index contributed by atoms with van der Waals surface area (Å²) in [7, 11) is 0. The summed E-state index contributed by atoms with van der Waals surface area (Å²) >= 11 is 0. The largest absolute Gasteiger partial charge is 0.383 e. The molecule has 2 N–H and O–H groups in total. The van der Waals surface area contributed by atoms with Crippen LogP contribution in [0.1, 0.15) is 44.5 Å². The molecule has 4 heteroatoms. The molecule has 1 aromatic heterocycles. The van der Waals surface area contributed by atoms with Crippen molar-refractivity contribution in [3.05, 3.63) is 24.0 Å². The molecule has 100 valence electrons. The van der Waals surface area contributed by atoms with Gasteiger partial charge in [-0.1, -0.05) is 20.3 Å². The van der Waals surface area contributed by atoms with Crippen molar-refractivity contribution in [2.24, 2.45) is 5.92 Å². The third-order valence-electron chi connectivity index (χ3n) is 3.29. The molecule has 18 heavy (non-hydrogen) atoms. The van der Waals surface area contributed by atoms with E-state index in [-0.39, 0.29) is 11.9 Å². The van der Waals surface area contributed by atoms with Crippen LogP contribution in [0.2, 0.25) is 0 Å². The van der Waals surface area contributed by atoms with Crippen molar-refractivity contribution >= 4 is 11.6 Å². The van der Waals surface area contributed by atoms with Crippen LogP contribution in [0, 0.1) is 5.92 Å². The highest BCUT2D eigenvalue weighted by Gasteiger charge is 2.16. The van der Waals surface area contributed by atoms with Crippen LogP contribution in [0.25, 0.3) is 0 Å². The quantitative estimate of drug-likeness (QED) is 0.815. The topological polar surface area (TPSA) is 54.0 Å². The van der Waals surface area contributed by atoms with E-state index in [0.717, 1.165) is 18.7 Å². The van der Waals surface area contributed by atoms with E-state index in [9.17, 15) is 4.79 Å². The summed E-state index contributed by atoms with van der Waals surface area (Å²) < 4.78 is 0. The predicted molar refractivity (Wildman–Crippen MR) is 74.8 cm³/mol. The third-order valence-corrected chi connectivity index (χ3v) is 3.29. The van der Waals surface area contributed by atoms with E-state index in [1.165, 1.54) is 0 Å². The van der Waals surface area contributed by atoms with Crippen LogP contribution in [-0.4, -0.2) is 23.5 Å². The molecule has 0 aliphatic rings. The van der Waals surface area contributed by atoms with E-state index in [1.807, 2.05) is 13.8 Å². The van der Waals surface area contributed by atoms with E-state index < -0.39 is 0 Å². The number of pyridine rings is 1. The van der Waals surface area contributed by atoms with Crippen LogP contribution >= 0.6 is 0 Å². The van der Waals surface area contributed by atoms with E-state index in [1.54, 1.807) is 18.5 Å². The van der Waals surface area contributed by atoms with Crippen molar-refractivity contribution in [1.82, 2.24) is 10.3 Å². The second-order valence-electron chi connectivity index (χ2n) is 4.60. The van der Waals surface area contributed by atoms with Gasteiger partial charge in [-0.05, 0) is 25.8 Å². The van der Waals surface area contributed by atoms with Crippen LogP contribution in [0.4, 0.5) is 5.69 Å². The van der Waals surface area contributed by atoms with Crippen molar-refractivity contribution in [2.75, 3.05) is 11.9 Å². The molecule has 0 bridgehead atoms. The second-order valence-corrected chi connectivity index (χ2v) is 4.60. The first-order valence-electron chi connectivity index (χ1n) is 6.58. The monoisotopic (exact) mass is 249 g/mol. The lowest BCUT2D eigenvalue weighted by Gasteiger charge is -2.20. The fourth-order valence-corrected chi connectivity index (χ4v) is 1.70. The first kappa shape index (κ1) is 14.5. The maximum absolute atomic E-state index is 12.2. The summed E-state index contributed by atoms with van der Waals surface area (Å²) in [6, 6.07) is 1.92. The molecule has 2 unspecified atom stereocenters. The average molecular weight is 249 g/mol. The number of hydrogen-bond donors (Lipinski definition) is 2.